The Balaban J connectivity index is 2.45. The normalized spacial score (nSPS) is 12.4. The second-order valence-corrected chi connectivity index (χ2v) is 5.49. The fraction of sp³-hybridized carbons (Fsp3) is 0.250. The Kier molecular flexibility index (Phi) is 3.74. The maximum atomic E-state index is 10.9. The minimum absolute atomic E-state index is 0.0913. The Labute approximate surface area is 123 Å². The molecule has 0 saturated heterocycles. The van der Waals surface area contributed by atoms with Crippen LogP contribution in [0.3, 0.4) is 0 Å². The molecule has 7 heteroatoms. The molecule has 1 unspecified atom stereocenters. The van der Waals surface area contributed by atoms with Crippen LogP contribution in [0.5, 0.6) is 0 Å². The van der Waals surface area contributed by atoms with Crippen molar-refractivity contribution in [1.82, 2.24) is 9.78 Å². The average molecular weight is 372 g/mol. The SMILES string of the molecule is Cc1nn(C(C)c2ccc(I)cc2)c(N)c1[N+](=O)[O-]. The first kappa shape index (κ1) is 13.8. The predicted molar refractivity (Wildman–Crippen MR) is 81.0 cm³/mol. The molecule has 0 fully saturated rings. The van der Waals surface area contributed by atoms with E-state index in [4.69, 9.17) is 5.73 Å². The summed E-state index contributed by atoms with van der Waals surface area (Å²) in [4.78, 5) is 10.4. The Morgan fingerprint density at radius 3 is 2.47 bits per heavy atom. The van der Waals surface area contributed by atoms with E-state index in [1.807, 2.05) is 31.2 Å². The Morgan fingerprint density at radius 1 is 1.42 bits per heavy atom. The van der Waals surface area contributed by atoms with Crippen molar-refractivity contribution >= 4 is 34.1 Å². The van der Waals surface area contributed by atoms with E-state index in [0.717, 1.165) is 9.13 Å². The monoisotopic (exact) mass is 372 g/mol. The lowest BCUT2D eigenvalue weighted by molar-refractivity contribution is -0.384. The minimum atomic E-state index is -0.491. The van der Waals surface area contributed by atoms with Gasteiger partial charge in [0.25, 0.3) is 0 Å². The summed E-state index contributed by atoms with van der Waals surface area (Å²) in [5.74, 6) is 0.0913. The van der Waals surface area contributed by atoms with Gasteiger partial charge in [-0.2, -0.15) is 5.10 Å². The Morgan fingerprint density at radius 2 is 2.00 bits per heavy atom. The van der Waals surface area contributed by atoms with E-state index in [1.165, 1.54) is 4.68 Å². The molecule has 1 aromatic heterocycles. The number of nitrogens with two attached hydrogens (primary N) is 1. The third-order valence-corrected chi connectivity index (χ3v) is 3.71. The van der Waals surface area contributed by atoms with Gasteiger partial charge in [0.1, 0.15) is 5.69 Å². The number of hydrogen-bond acceptors (Lipinski definition) is 4. The molecule has 1 heterocycles. The summed E-state index contributed by atoms with van der Waals surface area (Å²) < 4.78 is 2.62. The Hall–Kier alpha value is -1.64. The molecule has 0 spiro atoms. The molecule has 2 N–H and O–H groups in total. The standard InChI is InChI=1S/C12H13IN4O2/c1-7-11(17(18)19)12(14)16(15-7)8(2)9-3-5-10(13)6-4-9/h3-6,8H,14H2,1-2H3. The number of hydrogen-bond donors (Lipinski definition) is 1. The van der Waals surface area contributed by atoms with Gasteiger partial charge in [-0.1, -0.05) is 12.1 Å². The van der Waals surface area contributed by atoms with Crippen LogP contribution in [0.4, 0.5) is 11.5 Å². The zero-order chi connectivity index (χ0) is 14.2. The van der Waals surface area contributed by atoms with Crippen LogP contribution in [0.15, 0.2) is 24.3 Å². The highest BCUT2D eigenvalue weighted by molar-refractivity contribution is 14.1. The molecule has 100 valence electrons. The largest absolute Gasteiger partial charge is 0.378 e. The smallest absolute Gasteiger partial charge is 0.333 e. The van der Waals surface area contributed by atoms with Gasteiger partial charge >= 0.3 is 5.69 Å². The van der Waals surface area contributed by atoms with E-state index < -0.39 is 4.92 Å². The van der Waals surface area contributed by atoms with Crippen LogP contribution in [0.2, 0.25) is 0 Å². The van der Waals surface area contributed by atoms with Gasteiger partial charge in [-0.3, -0.25) is 10.1 Å². The maximum Gasteiger partial charge on any atom is 0.333 e. The van der Waals surface area contributed by atoms with Crippen LogP contribution in [-0.4, -0.2) is 14.7 Å². The molecule has 0 saturated carbocycles. The van der Waals surface area contributed by atoms with Gasteiger partial charge in [-0.15, -0.1) is 0 Å². The van der Waals surface area contributed by atoms with Gasteiger partial charge < -0.3 is 5.73 Å². The molecular formula is C12H13IN4O2. The van der Waals surface area contributed by atoms with Crippen LogP contribution < -0.4 is 5.73 Å². The van der Waals surface area contributed by atoms with Crippen molar-refractivity contribution in [3.05, 3.63) is 49.2 Å². The quantitative estimate of drug-likeness (QED) is 0.510. The molecule has 0 aliphatic rings. The van der Waals surface area contributed by atoms with Crippen LogP contribution >= 0.6 is 22.6 Å². The fourth-order valence-electron chi connectivity index (χ4n) is 1.96. The molecular weight excluding hydrogens is 359 g/mol. The molecule has 1 aromatic carbocycles. The molecule has 0 aliphatic carbocycles. The summed E-state index contributed by atoms with van der Waals surface area (Å²) >= 11 is 2.22. The average Bonchev–Trinajstić information content (AvgIpc) is 2.65. The van der Waals surface area contributed by atoms with E-state index >= 15 is 0 Å². The lowest BCUT2D eigenvalue weighted by atomic mass is 10.1. The maximum absolute atomic E-state index is 10.9. The number of anilines is 1. The van der Waals surface area contributed by atoms with Gasteiger partial charge in [0, 0.05) is 3.57 Å². The van der Waals surface area contributed by atoms with Crippen molar-refractivity contribution < 1.29 is 4.92 Å². The molecule has 0 aliphatic heterocycles. The van der Waals surface area contributed by atoms with Gasteiger partial charge in [0.2, 0.25) is 5.82 Å². The molecule has 0 amide bonds. The third kappa shape index (κ3) is 2.55. The van der Waals surface area contributed by atoms with E-state index in [2.05, 4.69) is 27.7 Å². The second-order valence-electron chi connectivity index (χ2n) is 4.25. The van der Waals surface area contributed by atoms with Crippen LogP contribution in [-0.2, 0) is 0 Å². The van der Waals surface area contributed by atoms with Crippen molar-refractivity contribution in [2.75, 3.05) is 5.73 Å². The molecule has 1 atom stereocenters. The number of nitrogen functional groups attached to an aromatic ring is 1. The topological polar surface area (TPSA) is 87.0 Å². The summed E-state index contributed by atoms with van der Waals surface area (Å²) in [5.41, 5.74) is 7.05. The molecule has 0 bridgehead atoms. The summed E-state index contributed by atoms with van der Waals surface area (Å²) in [5, 5.41) is 15.1. The molecule has 2 aromatic rings. The minimum Gasteiger partial charge on any atom is -0.378 e. The number of nitrogens with zero attached hydrogens (tertiary/aromatic N) is 3. The lowest BCUT2D eigenvalue weighted by Crippen LogP contribution is -2.12. The highest BCUT2D eigenvalue weighted by atomic mass is 127. The van der Waals surface area contributed by atoms with Crippen LogP contribution in [0, 0.1) is 20.6 Å². The van der Waals surface area contributed by atoms with Gasteiger partial charge in [-0.25, -0.2) is 4.68 Å². The third-order valence-electron chi connectivity index (χ3n) is 2.99. The predicted octanol–water partition coefficient (Wildman–Crippen LogP) is 2.90. The van der Waals surface area contributed by atoms with Crippen molar-refractivity contribution in [1.29, 1.82) is 0 Å². The summed E-state index contributed by atoms with van der Waals surface area (Å²) in [7, 11) is 0. The number of benzene rings is 1. The van der Waals surface area contributed by atoms with E-state index in [0.29, 0.717) is 5.69 Å². The van der Waals surface area contributed by atoms with Crippen molar-refractivity contribution in [3.8, 4) is 0 Å². The number of aryl methyl sites for hydroxylation is 1. The first-order valence-electron chi connectivity index (χ1n) is 5.66. The van der Waals surface area contributed by atoms with Crippen LogP contribution in [0.25, 0.3) is 0 Å². The molecule has 0 radical (unpaired) electrons. The highest BCUT2D eigenvalue weighted by Crippen LogP contribution is 2.30. The van der Waals surface area contributed by atoms with Crippen molar-refractivity contribution in [2.45, 2.75) is 19.9 Å². The summed E-state index contributed by atoms with van der Waals surface area (Å²) in [6.07, 6.45) is 0. The fourth-order valence-corrected chi connectivity index (χ4v) is 2.32. The van der Waals surface area contributed by atoms with E-state index in [9.17, 15) is 10.1 Å². The van der Waals surface area contributed by atoms with E-state index in [1.54, 1.807) is 6.92 Å². The molecule has 6 nitrogen and oxygen atoms in total. The first-order chi connectivity index (χ1) is 8.91. The van der Waals surface area contributed by atoms with E-state index in [-0.39, 0.29) is 17.5 Å². The highest BCUT2D eigenvalue weighted by Gasteiger charge is 2.25. The second kappa shape index (κ2) is 5.16. The molecule has 2 rings (SSSR count). The Bertz CT molecular complexity index is 621. The van der Waals surface area contributed by atoms with Crippen molar-refractivity contribution in [2.24, 2.45) is 0 Å². The van der Waals surface area contributed by atoms with Gasteiger partial charge in [-0.05, 0) is 54.1 Å². The number of halogens is 1. The van der Waals surface area contributed by atoms with Gasteiger partial charge in [0.05, 0.1) is 11.0 Å². The number of aromatic nitrogens is 2. The first-order valence-corrected chi connectivity index (χ1v) is 6.74. The number of rotatable bonds is 3. The van der Waals surface area contributed by atoms with Crippen molar-refractivity contribution in [3.63, 3.8) is 0 Å². The summed E-state index contributed by atoms with van der Waals surface area (Å²) in [6, 6.07) is 7.74. The summed E-state index contributed by atoms with van der Waals surface area (Å²) in [6.45, 7) is 3.50. The molecule has 19 heavy (non-hydrogen) atoms. The van der Waals surface area contributed by atoms with Gasteiger partial charge in [0.15, 0.2) is 0 Å². The zero-order valence-electron chi connectivity index (χ0n) is 10.5. The lowest BCUT2D eigenvalue weighted by Gasteiger charge is -2.13. The number of nitro groups is 1. The zero-order valence-corrected chi connectivity index (χ0v) is 12.7. The van der Waals surface area contributed by atoms with Crippen LogP contribution in [0.1, 0.15) is 24.2 Å².